The maximum atomic E-state index is 13.2. The van der Waals surface area contributed by atoms with Crippen molar-refractivity contribution >= 4 is 43.3 Å². The minimum atomic E-state index is -3.58. The largest absolute Gasteiger partial charge is 0.492 e. The summed E-state index contributed by atoms with van der Waals surface area (Å²) in [6.07, 6.45) is 0.895. The number of para-hydroxylation sites is 1. The molecule has 194 valence electrons. The van der Waals surface area contributed by atoms with Crippen molar-refractivity contribution in [3.05, 3.63) is 59.8 Å². The van der Waals surface area contributed by atoms with Crippen LogP contribution in [0.3, 0.4) is 0 Å². The van der Waals surface area contributed by atoms with E-state index in [0.29, 0.717) is 49.2 Å². The molecular weight excluding hydrogens is 510 g/mol. The molecule has 0 atom stereocenters. The number of nitrogens with zero attached hydrogens (tertiary/aromatic N) is 4. The number of carbonyl (C=O) groups excluding carboxylic acids is 1. The molecule has 1 fully saturated rings. The first-order chi connectivity index (χ1) is 17.8. The zero-order valence-corrected chi connectivity index (χ0v) is 22.6. The summed E-state index contributed by atoms with van der Waals surface area (Å²) in [4.78, 5) is 18.2. The van der Waals surface area contributed by atoms with E-state index in [2.05, 4.69) is 10.4 Å². The molecule has 1 N–H and O–H groups in total. The van der Waals surface area contributed by atoms with E-state index in [1.54, 1.807) is 28.9 Å². The van der Waals surface area contributed by atoms with E-state index in [-0.39, 0.29) is 16.7 Å². The Bertz CT molecular complexity index is 1530. The maximum absolute atomic E-state index is 13.2. The third-order valence-corrected chi connectivity index (χ3v) is 9.33. The Kier molecular flexibility index (Phi) is 7.02. The minimum absolute atomic E-state index is 0.148. The standard InChI is InChI=1S/C26H29N5O4S2/c1-4-35-21-6-5-7-22-24(21)28-26(36-22)31-23(16-18(3)29-31)27-25(32)19-12-14-30(15-13-19)37(33,34)20-10-8-17(2)9-11-20/h5-11,16,19H,4,12-15H2,1-3H3,(H,27,32). The van der Waals surface area contributed by atoms with E-state index in [0.717, 1.165) is 21.5 Å². The molecule has 4 aromatic rings. The quantitative estimate of drug-likeness (QED) is 0.370. The predicted octanol–water partition coefficient (Wildman–Crippen LogP) is 4.54. The molecule has 0 aliphatic carbocycles. The SMILES string of the molecule is CCOc1cccc2sc(-n3nc(C)cc3NC(=O)C3CCN(S(=O)(=O)c4ccc(C)cc4)CC3)nc12. The molecule has 1 aliphatic rings. The lowest BCUT2D eigenvalue weighted by Crippen LogP contribution is -2.41. The van der Waals surface area contributed by atoms with Gasteiger partial charge in [0.05, 0.1) is 21.9 Å². The highest BCUT2D eigenvalue weighted by molar-refractivity contribution is 7.89. The normalized spacial score (nSPS) is 15.2. The summed E-state index contributed by atoms with van der Waals surface area (Å²) in [6, 6.07) is 14.5. The number of hydrogen-bond donors (Lipinski definition) is 1. The molecule has 0 bridgehead atoms. The number of aromatic nitrogens is 3. The summed E-state index contributed by atoms with van der Waals surface area (Å²) in [5, 5.41) is 8.19. The first kappa shape index (κ1) is 25.4. The highest BCUT2D eigenvalue weighted by Crippen LogP contribution is 2.33. The molecule has 37 heavy (non-hydrogen) atoms. The van der Waals surface area contributed by atoms with Crippen LogP contribution < -0.4 is 10.1 Å². The van der Waals surface area contributed by atoms with Gasteiger partial charge in [-0.05, 0) is 57.9 Å². The molecule has 1 saturated heterocycles. The molecule has 3 heterocycles. The van der Waals surface area contributed by atoms with Gasteiger partial charge in [-0.3, -0.25) is 4.79 Å². The number of benzene rings is 2. The molecule has 9 nitrogen and oxygen atoms in total. The van der Waals surface area contributed by atoms with Crippen LogP contribution in [0, 0.1) is 19.8 Å². The fourth-order valence-corrected chi connectivity index (χ4v) is 6.87. The third kappa shape index (κ3) is 5.11. The van der Waals surface area contributed by atoms with Gasteiger partial charge in [0.25, 0.3) is 0 Å². The van der Waals surface area contributed by atoms with E-state index in [1.807, 2.05) is 45.0 Å². The molecule has 0 spiro atoms. The van der Waals surface area contributed by atoms with Crippen LogP contribution in [-0.4, -0.2) is 53.1 Å². The van der Waals surface area contributed by atoms with Crippen molar-refractivity contribution in [2.75, 3.05) is 25.0 Å². The summed E-state index contributed by atoms with van der Waals surface area (Å²) in [5.41, 5.74) is 2.51. The molecule has 2 aromatic heterocycles. The van der Waals surface area contributed by atoms with Crippen LogP contribution in [0.2, 0.25) is 0 Å². The number of amides is 1. The van der Waals surface area contributed by atoms with Crippen molar-refractivity contribution in [2.45, 2.75) is 38.5 Å². The van der Waals surface area contributed by atoms with Gasteiger partial charge in [-0.2, -0.15) is 14.1 Å². The monoisotopic (exact) mass is 539 g/mol. The van der Waals surface area contributed by atoms with Crippen LogP contribution in [0.5, 0.6) is 5.75 Å². The van der Waals surface area contributed by atoms with E-state index in [9.17, 15) is 13.2 Å². The van der Waals surface area contributed by atoms with Crippen LogP contribution in [-0.2, 0) is 14.8 Å². The van der Waals surface area contributed by atoms with Crippen molar-refractivity contribution in [3.63, 3.8) is 0 Å². The average Bonchev–Trinajstić information content (AvgIpc) is 3.48. The summed E-state index contributed by atoms with van der Waals surface area (Å²) in [7, 11) is -3.58. The molecular formula is C26H29N5O4S2. The zero-order chi connectivity index (χ0) is 26.2. The summed E-state index contributed by atoms with van der Waals surface area (Å²) in [5.74, 6) is 0.802. The Balaban J connectivity index is 1.30. The molecule has 5 rings (SSSR count). The Morgan fingerprint density at radius 2 is 1.86 bits per heavy atom. The molecule has 0 unspecified atom stereocenters. The van der Waals surface area contributed by atoms with Gasteiger partial charge in [-0.15, -0.1) is 0 Å². The number of piperidine rings is 1. The van der Waals surface area contributed by atoms with Crippen LogP contribution >= 0.6 is 11.3 Å². The van der Waals surface area contributed by atoms with Gasteiger partial charge in [0.1, 0.15) is 17.1 Å². The number of carbonyl (C=O) groups is 1. The number of nitrogens with one attached hydrogen (secondary N) is 1. The molecule has 1 aliphatic heterocycles. The van der Waals surface area contributed by atoms with E-state index < -0.39 is 10.0 Å². The zero-order valence-electron chi connectivity index (χ0n) is 21.0. The van der Waals surface area contributed by atoms with Crippen LogP contribution in [0.25, 0.3) is 15.3 Å². The lowest BCUT2D eigenvalue weighted by Gasteiger charge is -2.30. The topological polar surface area (TPSA) is 106 Å². The van der Waals surface area contributed by atoms with Gasteiger partial charge in [0.15, 0.2) is 0 Å². The van der Waals surface area contributed by atoms with Gasteiger partial charge < -0.3 is 10.1 Å². The Morgan fingerprint density at radius 1 is 1.14 bits per heavy atom. The van der Waals surface area contributed by atoms with E-state index in [1.165, 1.54) is 15.6 Å². The van der Waals surface area contributed by atoms with Crippen LogP contribution in [0.15, 0.2) is 53.4 Å². The average molecular weight is 540 g/mol. The second-order valence-corrected chi connectivity index (χ2v) is 12.0. The Morgan fingerprint density at radius 3 is 2.57 bits per heavy atom. The number of anilines is 1. The van der Waals surface area contributed by atoms with Crippen molar-refractivity contribution in [1.82, 2.24) is 19.1 Å². The molecule has 0 saturated carbocycles. The second kappa shape index (κ2) is 10.2. The van der Waals surface area contributed by atoms with Crippen LogP contribution in [0.4, 0.5) is 5.82 Å². The number of aryl methyl sites for hydroxylation is 2. The first-order valence-corrected chi connectivity index (χ1v) is 14.5. The smallest absolute Gasteiger partial charge is 0.243 e. The molecule has 0 radical (unpaired) electrons. The number of ether oxygens (including phenoxy) is 1. The van der Waals surface area contributed by atoms with Crippen molar-refractivity contribution < 1.29 is 17.9 Å². The summed E-state index contributed by atoms with van der Waals surface area (Å²) >= 11 is 1.47. The summed E-state index contributed by atoms with van der Waals surface area (Å²) in [6.45, 7) is 6.84. The first-order valence-electron chi connectivity index (χ1n) is 12.2. The highest BCUT2D eigenvalue weighted by Gasteiger charge is 2.32. The lowest BCUT2D eigenvalue weighted by molar-refractivity contribution is -0.120. The second-order valence-electron chi connectivity index (χ2n) is 9.10. The number of hydrogen-bond acceptors (Lipinski definition) is 7. The molecule has 1 amide bonds. The van der Waals surface area contributed by atoms with Gasteiger partial charge in [0.2, 0.25) is 21.1 Å². The van der Waals surface area contributed by atoms with E-state index in [4.69, 9.17) is 9.72 Å². The molecule has 11 heteroatoms. The lowest BCUT2D eigenvalue weighted by atomic mass is 9.97. The highest BCUT2D eigenvalue weighted by atomic mass is 32.2. The Labute approximate surface area is 220 Å². The van der Waals surface area contributed by atoms with Gasteiger partial charge in [-0.25, -0.2) is 13.4 Å². The fraction of sp³-hybridized carbons (Fsp3) is 0.346. The third-order valence-electron chi connectivity index (χ3n) is 6.42. The Hall–Kier alpha value is -3.28. The van der Waals surface area contributed by atoms with Gasteiger partial charge in [0, 0.05) is 25.1 Å². The predicted molar refractivity (Wildman–Crippen MR) is 144 cm³/mol. The van der Waals surface area contributed by atoms with Crippen molar-refractivity contribution in [2.24, 2.45) is 5.92 Å². The minimum Gasteiger partial charge on any atom is -0.492 e. The number of sulfonamides is 1. The summed E-state index contributed by atoms with van der Waals surface area (Å²) < 4.78 is 35.8. The van der Waals surface area contributed by atoms with Crippen molar-refractivity contribution in [3.8, 4) is 10.9 Å². The number of fused-ring (bicyclic) bond motifs is 1. The van der Waals surface area contributed by atoms with Crippen LogP contribution in [0.1, 0.15) is 31.0 Å². The fourth-order valence-electron chi connectivity index (χ4n) is 4.45. The van der Waals surface area contributed by atoms with Gasteiger partial charge >= 0.3 is 0 Å². The molecule has 2 aromatic carbocycles. The van der Waals surface area contributed by atoms with Crippen molar-refractivity contribution in [1.29, 1.82) is 0 Å². The maximum Gasteiger partial charge on any atom is 0.243 e. The number of rotatable bonds is 7. The van der Waals surface area contributed by atoms with Gasteiger partial charge in [-0.1, -0.05) is 35.1 Å². The van der Waals surface area contributed by atoms with E-state index >= 15 is 0 Å². The number of thiazole rings is 1.